The van der Waals surface area contributed by atoms with Crippen molar-refractivity contribution in [2.45, 2.75) is 26.8 Å². The number of nitrogens with one attached hydrogen (secondary N) is 5. The summed E-state index contributed by atoms with van der Waals surface area (Å²) >= 11 is 0. The SMILES string of the molecule is CCNC(=O)Nc1cccc(NC(=O)c2ccc(NC(=O)NC(C)C)cc2)c1. The highest BCUT2D eigenvalue weighted by Gasteiger charge is 2.09. The van der Waals surface area contributed by atoms with Crippen LogP contribution in [0, 0.1) is 0 Å². The highest BCUT2D eigenvalue weighted by molar-refractivity contribution is 6.05. The third-order valence-corrected chi connectivity index (χ3v) is 3.54. The lowest BCUT2D eigenvalue weighted by Crippen LogP contribution is -2.34. The van der Waals surface area contributed by atoms with Gasteiger partial charge in [-0.1, -0.05) is 6.07 Å². The molecule has 0 bridgehead atoms. The first kappa shape index (κ1) is 20.8. The number of hydrogen-bond acceptors (Lipinski definition) is 3. The predicted octanol–water partition coefficient (Wildman–Crippen LogP) is 3.61. The maximum absolute atomic E-state index is 12.4. The minimum atomic E-state index is -0.310. The van der Waals surface area contributed by atoms with E-state index in [1.165, 1.54) is 0 Å². The summed E-state index contributed by atoms with van der Waals surface area (Å²) in [6.45, 7) is 6.08. The van der Waals surface area contributed by atoms with Crippen molar-refractivity contribution in [1.29, 1.82) is 0 Å². The van der Waals surface area contributed by atoms with E-state index in [9.17, 15) is 14.4 Å². The monoisotopic (exact) mass is 383 g/mol. The van der Waals surface area contributed by atoms with Crippen LogP contribution in [0.1, 0.15) is 31.1 Å². The van der Waals surface area contributed by atoms with Crippen LogP contribution < -0.4 is 26.6 Å². The van der Waals surface area contributed by atoms with Crippen molar-refractivity contribution in [2.75, 3.05) is 22.5 Å². The van der Waals surface area contributed by atoms with E-state index in [-0.39, 0.29) is 24.0 Å². The lowest BCUT2D eigenvalue weighted by Gasteiger charge is -2.11. The third kappa shape index (κ3) is 6.64. The van der Waals surface area contributed by atoms with Crippen molar-refractivity contribution >= 4 is 35.0 Å². The number of carbonyl (C=O) groups is 3. The number of amides is 5. The van der Waals surface area contributed by atoms with Crippen LogP contribution in [0.5, 0.6) is 0 Å². The normalized spacial score (nSPS) is 10.1. The molecule has 0 aliphatic rings. The molecule has 0 spiro atoms. The van der Waals surface area contributed by atoms with Gasteiger partial charge in [-0.15, -0.1) is 0 Å². The van der Waals surface area contributed by atoms with Gasteiger partial charge in [0.15, 0.2) is 0 Å². The molecule has 2 aromatic carbocycles. The van der Waals surface area contributed by atoms with E-state index in [1.54, 1.807) is 48.5 Å². The van der Waals surface area contributed by atoms with Crippen molar-refractivity contribution in [1.82, 2.24) is 10.6 Å². The summed E-state index contributed by atoms with van der Waals surface area (Å²) in [6, 6.07) is 12.8. The Balaban J connectivity index is 1.97. The molecule has 0 saturated heterocycles. The molecule has 2 rings (SSSR count). The molecule has 0 radical (unpaired) electrons. The fourth-order valence-electron chi connectivity index (χ4n) is 2.35. The van der Waals surface area contributed by atoms with Gasteiger partial charge in [0.05, 0.1) is 0 Å². The van der Waals surface area contributed by atoms with Crippen molar-refractivity contribution in [3.8, 4) is 0 Å². The first-order chi connectivity index (χ1) is 13.4. The second-order valence-electron chi connectivity index (χ2n) is 6.35. The number of benzene rings is 2. The maximum Gasteiger partial charge on any atom is 0.319 e. The minimum absolute atomic E-state index is 0.0309. The van der Waals surface area contributed by atoms with E-state index >= 15 is 0 Å². The van der Waals surface area contributed by atoms with Gasteiger partial charge in [-0.05, 0) is 63.2 Å². The van der Waals surface area contributed by atoms with E-state index < -0.39 is 0 Å². The highest BCUT2D eigenvalue weighted by Crippen LogP contribution is 2.17. The molecule has 8 heteroatoms. The number of carbonyl (C=O) groups excluding carboxylic acids is 3. The first-order valence-corrected chi connectivity index (χ1v) is 9.01. The molecule has 0 unspecified atom stereocenters. The number of rotatable bonds is 6. The van der Waals surface area contributed by atoms with Crippen LogP contribution in [0.2, 0.25) is 0 Å². The number of urea groups is 2. The molecule has 28 heavy (non-hydrogen) atoms. The van der Waals surface area contributed by atoms with Crippen LogP contribution in [0.15, 0.2) is 48.5 Å². The predicted molar refractivity (Wildman–Crippen MR) is 111 cm³/mol. The van der Waals surface area contributed by atoms with Gasteiger partial charge >= 0.3 is 12.1 Å². The van der Waals surface area contributed by atoms with Gasteiger partial charge in [-0.25, -0.2) is 9.59 Å². The summed E-state index contributed by atoms with van der Waals surface area (Å²) in [5.74, 6) is -0.298. The Labute approximate surface area is 164 Å². The van der Waals surface area contributed by atoms with Crippen LogP contribution in [0.25, 0.3) is 0 Å². The molecule has 5 amide bonds. The van der Waals surface area contributed by atoms with E-state index in [0.29, 0.717) is 29.2 Å². The Kier molecular flexibility index (Phi) is 7.38. The zero-order chi connectivity index (χ0) is 20.5. The molecule has 148 valence electrons. The molecule has 8 nitrogen and oxygen atoms in total. The van der Waals surface area contributed by atoms with Gasteiger partial charge < -0.3 is 26.6 Å². The molecule has 5 N–H and O–H groups in total. The second kappa shape index (κ2) is 9.96. The van der Waals surface area contributed by atoms with E-state index in [2.05, 4.69) is 26.6 Å². The van der Waals surface area contributed by atoms with E-state index in [1.807, 2.05) is 20.8 Å². The summed E-state index contributed by atoms with van der Waals surface area (Å²) in [4.78, 5) is 35.7. The van der Waals surface area contributed by atoms with Gasteiger partial charge in [0.1, 0.15) is 0 Å². The molecule has 0 aromatic heterocycles. The highest BCUT2D eigenvalue weighted by atomic mass is 16.2. The van der Waals surface area contributed by atoms with Crippen LogP contribution in [-0.2, 0) is 0 Å². The second-order valence-corrected chi connectivity index (χ2v) is 6.35. The number of anilines is 3. The fraction of sp³-hybridized carbons (Fsp3) is 0.250. The van der Waals surface area contributed by atoms with Crippen molar-refractivity contribution < 1.29 is 14.4 Å². The topological polar surface area (TPSA) is 111 Å². The van der Waals surface area contributed by atoms with Crippen molar-refractivity contribution in [2.24, 2.45) is 0 Å². The summed E-state index contributed by atoms with van der Waals surface area (Å²) in [6.07, 6.45) is 0. The summed E-state index contributed by atoms with van der Waals surface area (Å²) in [7, 11) is 0. The molecule has 0 atom stereocenters. The van der Waals surface area contributed by atoms with Gasteiger partial charge in [-0.3, -0.25) is 4.79 Å². The van der Waals surface area contributed by atoms with Gasteiger partial charge in [0, 0.05) is 35.2 Å². The Bertz CT molecular complexity index is 834. The Morgan fingerprint density at radius 1 is 0.821 bits per heavy atom. The van der Waals surface area contributed by atoms with Crippen molar-refractivity contribution in [3.05, 3.63) is 54.1 Å². The van der Waals surface area contributed by atoms with Crippen LogP contribution in [-0.4, -0.2) is 30.6 Å². The molecule has 0 fully saturated rings. The first-order valence-electron chi connectivity index (χ1n) is 9.01. The Morgan fingerprint density at radius 3 is 2.04 bits per heavy atom. The average molecular weight is 383 g/mol. The average Bonchev–Trinajstić information content (AvgIpc) is 2.62. The van der Waals surface area contributed by atoms with Gasteiger partial charge in [0.25, 0.3) is 5.91 Å². The molecule has 0 saturated carbocycles. The molecule has 0 aliphatic carbocycles. The quantitative estimate of drug-likeness (QED) is 0.525. The molecule has 2 aromatic rings. The van der Waals surface area contributed by atoms with E-state index in [4.69, 9.17) is 0 Å². The maximum atomic E-state index is 12.4. The lowest BCUT2D eigenvalue weighted by molar-refractivity contribution is 0.102. The molecule has 0 aliphatic heterocycles. The summed E-state index contributed by atoms with van der Waals surface area (Å²) in [5, 5.41) is 13.5. The largest absolute Gasteiger partial charge is 0.338 e. The molecular weight excluding hydrogens is 358 g/mol. The Morgan fingerprint density at radius 2 is 1.43 bits per heavy atom. The molecule has 0 heterocycles. The van der Waals surface area contributed by atoms with Crippen LogP contribution in [0.3, 0.4) is 0 Å². The minimum Gasteiger partial charge on any atom is -0.338 e. The van der Waals surface area contributed by atoms with Crippen LogP contribution in [0.4, 0.5) is 26.7 Å². The summed E-state index contributed by atoms with van der Waals surface area (Å²) in [5.41, 5.74) is 2.15. The smallest absolute Gasteiger partial charge is 0.319 e. The zero-order valence-corrected chi connectivity index (χ0v) is 16.1. The fourth-order valence-corrected chi connectivity index (χ4v) is 2.35. The van der Waals surface area contributed by atoms with Gasteiger partial charge in [0.2, 0.25) is 0 Å². The van der Waals surface area contributed by atoms with Crippen molar-refractivity contribution in [3.63, 3.8) is 0 Å². The Hall–Kier alpha value is -3.55. The van der Waals surface area contributed by atoms with E-state index in [0.717, 1.165) is 0 Å². The number of hydrogen-bond donors (Lipinski definition) is 5. The van der Waals surface area contributed by atoms with Crippen LogP contribution >= 0.6 is 0 Å². The molecular formula is C20H25N5O3. The lowest BCUT2D eigenvalue weighted by atomic mass is 10.2. The third-order valence-electron chi connectivity index (χ3n) is 3.54. The summed E-state index contributed by atoms with van der Waals surface area (Å²) < 4.78 is 0. The van der Waals surface area contributed by atoms with Gasteiger partial charge in [-0.2, -0.15) is 0 Å². The zero-order valence-electron chi connectivity index (χ0n) is 16.1. The standard InChI is InChI=1S/C20H25N5O3/c1-4-21-19(27)25-17-7-5-6-16(12-17)23-18(26)14-8-10-15(11-9-14)24-20(28)22-13(2)3/h5-13H,4H2,1-3H3,(H,23,26)(H2,21,25,27)(H2,22,24,28).